The maximum absolute atomic E-state index is 12.9. The average molecular weight is 489 g/mol. The van der Waals surface area contributed by atoms with Gasteiger partial charge in [-0.1, -0.05) is 24.3 Å². The Labute approximate surface area is 208 Å². The van der Waals surface area contributed by atoms with Gasteiger partial charge in [-0.25, -0.2) is 14.8 Å². The number of ether oxygens (including phenoxy) is 3. The van der Waals surface area contributed by atoms with Crippen molar-refractivity contribution < 1.29 is 23.4 Å². The van der Waals surface area contributed by atoms with Crippen molar-refractivity contribution in [1.82, 2.24) is 9.97 Å². The lowest BCUT2D eigenvalue weighted by molar-refractivity contribution is 0.262. The Kier molecular flexibility index (Phi) is 7.92. The summed E-state index contributed by atoms with van der Waals surface area (Å²) in [6, 6.07) is 20.7. The predicted octanol–water partition coefficient (Wildman–Crippen LogP) is 5.57. The van der Waals surface area contributed by atoms with Gasteiger partial charge < -0.3 is 24.8 Å². The van der Waals surface area contributed by atoms with Crippen LogP contribution in [0.15, 0.2) is 79.0 Å². The van der Waals surface area contributed by atoms with E-state index in [0.717, 1.165) is 11.1 Å². The molecule has 4 rings (SSSR count). The summed E-state index contributed by atoms with van der Waals surface area (Å²) in [6.45, 7) is 0.436. The maximum Gasteiger partial charge on any atom is 0.323 e. The number of pyridine rings is 2. The maximum atomic E-state index is 12.9. The highest BCUT2D eigenvalue weighted by molar-refractivity contribution is 5.99. The number of nitrogens with zero attached hydrogens (tertiary/aromatic N) is 2. The molecule has 0 bridgehead atoms. The van der Waals surface area contributed by atoms with E-state index in [2.05, 4.69) is 20.6 Å². The number of benzene rings is 2. The Morgan fingerprint density at radius 2 is 1.69 bits per heavy atom. The third-order valence-corrected chi connectivity index (χ3v) is 5.21. The molecule has 0 spiro atoms. The zero-order chi connectivity index (χ0) is 25.3. The van der Waals surface area contributed by atoms with Crippen molar-refractivity contribution in [1.29, 1.82) is 0 Å². The van der Waals surface area contributed by atoms with Gasteiger partial charge in [0.05, 0.1) is 38.4 Å². The van der Waals surface area contributed by atoms with Gasteiger partial charge >= 0.3 is 6.03 Å². The minimum Gasteiger partial charge on any atom is -0.493 e. The summed E-state index contributed by atoms with van der Waals surface area (Å²) >= 11 is 0. The SMILES string of the molecule is COc1ccc(CCOc2cccc(-c3cccc(NC(=O)Nc4ccc(F)nc4)c3)n2)cc1OC. The van der Waals surface area contributed by atoms with Gasteiger partial charge in [0, 0.05) is 23.7 Å². The second-order valence-corrected chi connectivity index (χ2v) is 7.68. The minimum atomic E-state index is -0.617. The smallest absolute Gasteiger partial charge is 0.323 e. The second kappa shape index (κ2) is 11.7. The van der Waals surface area contributed by atoms with Crippen LogP contribution in [0.4, 0.5) is 20.6 Å². The van der Waals surface area contributed by atoms with E-state index in [1.807, 2.05) is 42.5 Å². The highest BCUT2D eigenvalue weighted by Gasteiger charge is 2.08. The number of hydrogen-bond donors (Lipinski definition) is 2. The van der Waals surface area contributed by atoms with Crippen molar-refractivity contribution in [3.8, 4) is 28.6 Å². The fourth-order valence-corrected chi connectivity index (χ4v) is 3.47. The molecule has 0 atom stereocenters. The molecule has 0 aliphatic rings. The summed E-state index contributed by atoms with van der Waals surface area (Å²) in [5, 5.41) is 5.36. The number of nitrogens with one attached hydrogen (secondary N) is 2. The van der Waals surface area contributed by atoms with E-state index < -0.39 is 12.0 Å². The molecule has 36 heavy (non-hydrogen) atoms. The molecule has 0 saturated heterocycles. The van der Waals surface area contributed by atoms with Gasteiger partial charge in [0.1, 0.15) is 0 Å². The number of methoxy groups -OCH3 is 2. The van der Waals surface area contributed by atoms with Crippen LogP contribution >= 0.6 is 0 Å². The van der Waals surface area contributed by atoms with Crippen molar-refractivity contribution in [2.45, 2.75) is 6.42 Å². The molecule has 2 aromatic heterocycles. The van der Waals surface area contributed by atoms with Crippen LogP contribution in [0.3, 0.4) is 0 Å². The molecule has 2 N–H and O–H groups in total. The van der Waals surface area contributed by atoms with E-state index in [1.54, 1.807) is 32.4 Å². The standard InChI is InChI=1S/C27H25FN4O4/c1-34-23-11-9-18(15-24(23)35-2)13-14-36-26-8-4-7-22(32-26)19-5-3-6-20(16-19)30-27(33)31-21-10-12-25(28)29-17-21/h3-12,15-17H,13-14H2,1-2H3,(H2,30,31,33). The fraction of sp³-hybridized carbons (Fsp3) is 0.148. The zero-order valence-electron chi connectivity index (χ0n) is 19.8. The first-order chi connectivity index (χ1) is 17.5. The van der Waals surface area contributed by atoms with Gasteiger partial charge in [0.25, 0.3) is 0 Å². The van der Waals surface area contributed by atoms with Gasteiger partial charge in [-0.15, -0.1) is 0 Å². The molecule has 2 aromatic carbocycles. The van der Waals surface area contributed by atoms with Crippen LogP contribution < -0.4 is 24.8 Å². The monoisotopic (exact) mass is 488 g/mol. The number of aromatic nitrogens is 2. The first kappa shape index (κ1) is 24.5. The van der Waals surface area contributed by atoms with Crippen molar-refractivity contribution >= 4 is 17.4 Å². The van der Waals surface area contributed by atoms with E-state index in [1.165, 1.54) is 18.3 Å². The Hall–Kier alpha value is -4.66. The van der Waals surface area contributed by atoms with Crippen LogP contribution in [-0.2, 0) is 6.42 Å². The van der Waals surface area contributed by atoms with Crippen molar-refractivity contribution in [2.75, 3.05) is 31.5 Å². The number of anilines is 2. The highest BCUT2D eigenvalue weighted by Crippen LogP contribution is 2.28. The number of carbonyl (C=O) groups is 1. The highest BCUT2D eigenvalue weighted by atomic mass is 19.1. The molecule has 2 heterocycles. The van der Waals surface area contributed by atoms with Crippen LogP contribution in [0.5, 0.6) is 17.4 Å². The quantitative estimate of drug-likeness (QED) is 0.299. The lowest BCUT2D eigenvalue weighted by Gasteiger charge is -2.11. The Morgan fingerprint density at radius 3 is 2.47 bits per heavy atom. The van der Waals surface area contributed by atoms with Crippen molar-refractivity contribution in [2.24, 2.45) is 0 Å². The molecule has 0 saturated carbocycles. The molecule has 0 aliphatic heterocycles. The lowest BCUT2D eigenvalue weighted by atomic mass is 10.1. The third-order valence-electron chi connectivity index (χ3n) is 5.21. The van der Waals surface area contributed by atoms with Gasteiger partial charge in [-0.05, 0) is 48.0 Å². The Balaban J connectivity index is 1.37. The van der Waals surface area contributed by atoms with E-state index in [9.17, 15) is 9.18 Å². The number of rotatable bonds is 9. The van der Waals surface area contributed by atoms with E-state index in [-0.39, 0.29) is 0 Å². The van der Waals surface area contributed by atoms with Crippen LogP contribution in [0.25, 0.3) is 11.3 Å². The molecule has 2 amide bonds. The molecule has 0 aliphatic carbocycles. The number of amides is 2. The van der Waals surface area contributed by atoms with E-state index >= 15 is 0 Å². The third kappa shape index (κ3) is 6.47. The first-order valence-electron chi connectivity index (χ1n) is 11.1. The summed E-state index contributed by atoms with van der Waals surface area (Å²) in [5.41, 5.74) is 3.51. The minimum absolute atomic E-state index is 0.379. The number of halogens is 1. The van der Waals surface area contributed by atoms with Crippen LogP contribution in [0, 0.1) is 5.95 Å². The average Bonchev–Trinajstić information content (AvgIpc) is 2.90. The van der Waals surface area contributed by atoms with Gasteiger partial charge in [-0.2, -0.15) is 4.39 Å². The second-order valence-electron chi connectivity index (χ2n) is 7.68. The normalized spacial score (nSPS) is 10.4. The molecular formula is C27H25FN4O4. The van der Waals surface area contributed by atoms with E-state index in [4.69, 9.17) is 14.2 Å². The van der Waals surface area contributed by atoms with Crippen LogP contribution in [0.2, 0.25) is 0 Å². The summed E-state index contributed by atoms with van der Waals surface area (Å²) < 4.78 is 29.4. The van der Waals surface area contributed by atoms with Crippen molar-refractivity contribution in [3.63, 3.8) is 0 Å². The van der Waals surface area contributed by atoms with Crippen LogP contribution in [0.1, 0.15) is 5.56 Å². The Bertz CT molecular complexity index is 1330. The number of hydrogen-bond acceptors (Lipinski definition) is 6. The number of carbonyl (C=O) groups excluding carboxylic acids is 1. The molecule has 0 fully saturated rings. The molecule has 4 aromatic rings. The van der Waals surface area contributed by atoms with Crippen LogP contribution in [-0.4, -0.2) is 36.8 Å². The molecule has 0 unspecified atom stereocenters. The first-order valence-corrected chi connectivity index (χ1v) is 11.1. The van der Waals surface area contributed by atoms with Gasteiger partial charge in [0.2, 0.25) is 11.8 Å². The van der Waals surface area contributed by atoms with Gasteiger partial charge in [0.15, 0.2) is 11.5 Å². The van der Waals surface area contributed by atoms with Crippen molar-refractivity contribution in [3.05, 3.63) is 90.5 Å². The summed E-state index contributed by atoms with van der Waals surface area (Å²) in [6.07, 6.45) is 1.91. The van der Waals surface area contributed by atoms with Gasteiger partial charge in [-0.3, -0.25) is 0 Å². The zero-order valence-corrected chi connectivity index (χ0v) is 19.8. The molecule has 184 valence electrons. The molecule has 8 nitrogen and oxygen atoms in total. The Morgan fingerprint density at radius 1 is 0.889 bits per heavy atom. The molecular weight excluding hydrogens is 463 g/mol. The fourth-order valence-electron chi connectivity index (χ4n) is 3.47. The molecule has 9 heteroatoms. The summed E-state index contributed by atoms with van der Waals surface area (Å²) in [7, 11) is 3.21. The van der Waals surface area contributed by atoms with E-state index in [0.29, 0.717) is 47.5 Å². The predicted molar refractivity (Wildman–Crippen MR) is 135 cm³/mol. The summed E-state index contributed by atoms with van der Waals surface area (Å²) in [4.78, 5) is 20.4. The summed E-state index contributed by atoms with van der Waals surface area (Å²) in [5.74, 6) is 1.23. The largest absolute Gasteiger partial charge is 0.493 e. The number of urea groups is 1. The molecule has 0 radical (unpaired) electrons. The topological polar surface area (TPSA) is 94.6 Å². The lowest BCUT2D eigenvalue weighted by Crippen LogP contribution is -2.19.